The molecule has 0 fully saturated rings. The monoisotopic (exact) mass is 309 g/mol. The van der Waals surface area contributed by atoms with Gasteiger partial charge in [0, 0.05) is 13.1 Å². The Labute approximate surface area is 112 Å². The molecule has 2 rings (SSSR count). The van der Waals surface area contributed by atoms with Crippen LogP contribution < -0.4 is 0 Å². The second kappa shape index (κ2) is 4.74. The standard InChI is InChI=1S/C11H10F3NO4S/c12-11(13,14)20(18,19)15-4-3-7-1-2-8(10(16)17)5-9(7)6-15/h1-2,5H,3-4,6H2,(H,16,17). The van der Waals surface area contributed by atoms with E-state index < -0.39 is 28.0 Å². The van der Waals surface area contributed by atoms with E-state index in [1.54, 1.807) is 0 Å². The minimum Gasteiger partial charge on any atom is -0.478 e. The van der Waals surface area contributed by atoms with Gasteiger partial charge in [-0.3, -0.25) is 0 Å². The average Bonchev–Trinajstić information content (AvgIpc) is 2.35. The number of hydrogen-bond donors (Lipinski definition) is 1. The van der Waals surface area contributed by atoms with Gasteiger partial charge in [0.25, 0.3) is 0 Å². The first-order valence-electron chi connectivity index (χ1n) is 5.54. The van der Waals surface area contributed by atoms with Crippen LogP contribution in [0.1, 0.15) is 21.5 Å². The molecule has 0 unspecified atom stereocenters. The summed E-state index contributed by atoms with van der Waals surface area (Å²) in [5, 5.41) is 8.83. The number of halogens is 3. The molecule has 9 heteroatoms. The molecular formula is C11H10F3NO4S. The normalized spacial score (nSPS) is 16.8. The fourth-order valence-electron chi connectivity index (χ4n) is 2.02. The second-order valence-electron chi connectivity index (χ2n) is 4.32. The lowest BCUT2D eigenvalue weighted by atomic mass is 9.99. The van der Waals surface area contributed by atoms with E-state index in [1.807, 2.05) is 0 Å². The molecule has 0 aliphatic carbocycles. The van der Waals surface area contributed by atoms with Crippen molar-refractivity contribution in [3.8, 4) is 0 Å². The molecule has 0 saturated carbocycles. The Morgan fingerprint density at radius 3 is 2.45 bits per heavy atom. The molecule has 110 valence electrons. The van der Waals surface area contributed by atoms with Gasteiger partial charge in [-0.1, -0.05) is 6.07 Å². The fourth-order valence-corrected chi connectivity index (χ4v) is 2.95. The Balaban J connectivity index is 2.35. The SMILES string of the molecule is O=C(O)c1ccc2c(c1)CN(S(=O)(=O)C(F)(F)F)CC2. The maximum atomic E-state index is 12.5. The minimum atomic E-state index is -5.39. The van der Waals surface area contributed by atoms with Crippen molar-refractivity contribution < 1.29 is 31.5 Å². The maximum Gasteiger partial charge on any atom is 0.511 e. The number of carboxylic acid groups (broad SMARTS) is 1. The molecule has 1 aliphatic rings. The van der Waals surface area contributed by atoms with Crippen LogP contribution in [0, 0.1) is 0 Å². The van der Waals surface area contributed by atoms with Gasteiger partial charge in [-0.25, -0.2) is 13.2 Å². The van der Waals surface area contributed by atoms with Crippen LogP contribution >= 0.6 is 0 Å². The average molecular weight is 309 g/mol. The van der Waals surface area contributed by atoms with Gasteiger partial charge in [0.1, 0.15) is 0 Å². The largest absolute Gasteiger partial charge is 0.511 e. The number of fused-ring (bicyclic) bond motifs is 1. The summed E-state index contributed by atoms with van der Waals surface area (Å²) < 4.78 is 60.4. The third kappa shape index (κ3) is 2.50. The van der Waals surface area contributed by atoms with Crippen molar-refractivity contribution in [3.05, 3.63) is 34.9 Å². The van der Waals surface area contributed by atoms with E-state index >= 15 is 0 Å². The number of hydrogen-bond acceptors (Lipinski definition) is 3. The zero-order chi connectivity index (χ0) is 15.1. The molecule has 1 aliphatic heterocycles. The Hall–Kier alpha value is -1.61. The Kier molecular flexibility index (Phi) is 3.51. The summed E-state index contributed by atoms with van der Waals surface area (Å²) in [6, 6.07) is 4.04. The van der Waals surface area contributed by atoms with Crippen molar-refractivity contribution in [1.29, 1.82) is 0 Å². The highest BCUT2D eigenvalue weighted by Crippen LogP contribution is 2.31. The summed E-state index contributed by atoms with van der Waals surface area (Å²) in [6.07, 6.45) is 0.116. The minimum absolute atomic E-state index is 0.0880. The van der Waals surface area contributed by atoms with Gasteiger partial charge in [0.2, 0.25) is 0 Å². The highest BCUT2D eigenvalue weighted by atomic mass is 32.2. The zero-order valence-electron chi connectivity index (χ0n) is 10.0. The molecular weight excluding hydrogens is 299 g/mol. The molecule has 0 saturated heterocycles. The summed E-state index contributed by atoms with van der Waals surface area (Å²) in [6.45, 7) is -0.750. The predicted molar refractivity (Wildman–Crippen MR) is 62.5 cm³/mol. The van der Waals surface area contributed by atoms with Crippen LogP contribution in [-0.4, -0.2) is 35.9 Å². The van der Waals surface area contributed by atoms with Crippen LogP contribution in [-0.2, 0) is 23.0 Å². The second-order valence-corrected chi connectivity index (χ2v) is 6.25. The summed E-state index contributed by atoms with van der Waals surface area (Å²) in [7, 11) is -5.39. The predicted octanol–water partition coefficient (Wildman–Crippen LogP) is 1.59. The lowest BCUT2D eigenvalue weighted by molar-refractivity contribution is -0.0492. The van der Waals surface area contributed by atoms with Crippen LogP contribution in [0.15, 0.2) is 18.2 Å². The molecule has 0 bridgehead atoms. The molecule has 0 spiro atoms. The summed E-state index contributed by atoms with van der Waals surface area (Å²) in [5.74, 6) is -1.22. The Bertz CT molecular complexity index is 654. The van der Waals surface area contributed by atoms with E-state index in [0.29, 0.717) is 9.87 Å². The molecule has 5 nitrogen and oxygen atoms in total. The van der Waals surface area contributed by atoms with E-state index in [-0.39, 0.29) is 24.1 Å². The Morgan fingerprint density at radius 2 is 1.90 bits per heavy atom. The molecule has 0 amide bonds. The zero-order valence-corrected chi connectivity index (χ0v) is 10.8. The molecule has 20 heavy (non-hydrogen) atoms. The van der Waals surface area contributed by atoms with Crippen molar-refractivity contribution in [3.63, 3.8) is 0 Å². The lowest BCUT2D eigenvalue weighted by Gasteiger charge is -2.28. The molecule has 1 aromatic carbocycles. The van der Waals surface area contributed by atoms with Crippen LogP contribution in [0.2, 0.25) is 0 Å². The third-order valence-electron chi connectivity index (χ3n) is 3.06. The number of alkyl halides is 3. The first-order valence-corrected chi connectivity index (χ1v) is 6.98. The number of rotatable bonds is 2. The fraction of sp³-hybridized carbons (Fsp3) is 0.364. The first-order chi connectivity index (χ1) is 9.13. The van der Waals surface area contributed by atoms with E-state index in [2.05, 4.69) is 0 Å². The van der Waals surface area contributed by atoms with Gasteiger partial charge >= 0.3 is 21.5 Å². The van der Waals surface area contributed by atoms with Crippen LogP contribution in [0.25, 0.3) is 0 Å². The van der Waals surface area contributed by atoms with Crippen molar-refractivity contribution in [2.45, 2.75) is 18.5 Å². The number of sulfonamides is 1. The summed E-state index contributed by atoms with van der Waals surface area (Å²) >= 11 is 0. The topological polar surface area (TPSA) is 74.7 Å². The molecule has 1 heterocycles. The highest BCUT2D eigenvalue weighted by Gasteiger charge is 2.50. The summed E-state index contributed by atoms with van der Waals surface area (Å²) in [4.78, 5) is 10.8. The lowest BCUT2D eigenvalue weighted by Crippen LogP contribution is -2.43. The van der Waals surface area contributed by atoms with Crippen LogP contribution in [0.5, 0.6) is 0 Å². The van der Waals surface area contributed by atoms with Gasteiger partial charge in [0.05, 0.1) is 5.56 Å². The molecule has 0 aromatic heterocycles. The van der Waals surface area contributed by atoms with E-state index in [1.165, 1.54) is 18.2 Å². The number of benzene rings is 1. The molecule has 1 aromatic rings. The summed E-state index contributed by atoms with van der Waals surface area (Å²) in [5.41, 5.74) is -4.50. The number of carboxylic acids is 1. The smallest absolute Gasteiger partial charge is 0.478 e. The number of nitrogens with zero attached hydrogens (tertiary/aromatic N) is 1. The molecule has 1 N–H and O–H groups in total. The van der Waals surface area contributed by atoms with Gasteiger partial charge in [-0.2, -0.15) is 17.5 Å². The van der Waals surface area contributed by atoms with Crippen molar-refractivity contribution in [2.75, 3.05) is 6.54 Å². The molecule has 0 atom stereocenters. The highest BCUT2D eigenvalue weighted by molar-refractivity contribution is 7.89. The number of aromatic carboxylic acids is 1. The van der Waals surface area contributed by atoms with Crippen LogP contribution in [0.4, 0.5) is 13.2 Å². The quantitative estimate of drug-likeness (QED) is 0.900. The van der Waals surface area contributed by atoms with Gasteiger partial charge in [-0.05, 0) is 29.7 Å². The van der Waals surface area contributed by atoms with E-state index in [9.17, 15) is 26.4 Å². The van der Waals surface area contributed by atoms with E-state index in [4.69, 9.17) is 5.11 Å². The van der Waals surface area contributed by atoms with Gasteiger partial charge in [-0.15, -0.1) is 0 Å². The van der Waals surface area contributed by atoms with Crippen molar-refractivity contribution in [2.24, 2.45) is 0 Å². The van der Waals surface area contributed by atoms with E-state index in [0.717, 1.165) is 0 Å². The number of carbonyl (C=O) groups is 1. The van der Waals surface area contributed by atoms with Crippen LogP contribution in [0.3, 0.4) is 0 Å². The third-order valence-corrected chi connectivity index (χ3v) is 4.64. The molecule has 0 radical (unpaired) electrons. The van der Waals surface area contributed by atoms with Crippen molar-refractivity contribution in [1.82, 2.24) is 4.31 Å². The maximum absolute atomic E-state index is 12.5. The van der Waals surface area contributed by atoms with Crippen molar-refractivity contribution >= 4 is 16.0 Å². The Morgan fingerprint density at radius 1 is 1.25 bits per heavy atom. The van der Waals surface area contributed by atoms with Gasteiger partial charge in [0.15, 0.2) is 0 Å². The van der Waals surface area contributed by atoms with Gasteiger partial charge < -0.3 is 5.11 Å². The first kappa shape index (κ1) is 14.8.